The predicted molar refractivity (Wildman–Crippen MR) is 124 cm³/mol. The molecule has 3 rings (SSSR count). The zero-order chi connectivity index (χ0) is 25.5. The van der Waals surface area contributed by atoms with E-state index in [0.717, 1.165) is 25.2 Å². The lowest BCUT2D eigenvalue weighted by atomic mass is 9.87. The molecule has 1 aromatic rings. The molecule has 12 heteroatoms. The molecule has 1 unspecified atom stereocenters. The lowest BCUT2D eigenvalue weighted by Crippen LogP contribution is -2.50. The highest BCUT2D eigenvalue weighted by Gasteiger charge is 2.49. The number of methoxy groups -OCH3 is 1. The van der Waals surface area contributed by atoms with Crippen molar-refractivity contribution in [3.05, 3.63) is 35.4 Å². The first-order valence-corrected chi connectivity index (χ1v) is 13.0. The molecule has 2 fully saturated rings. The van der Waals surface area contributed by atoms with Gasteiger partial charge >= 0.3 is 19.8 Å². The zero-order valence-electron chi connectivity index (χ0n) is 20.3. The minimum absolute atomic E-state index is 0.0186. The number of nitrogens with zero attached hydrogens (tertiary/aromatic N) is 1. The SMILES string of the molecule is COC(=O)CCNC(=O)[C@@H]1OP(=O)(OCOC(=O)c2ccc(CN3CCCC3)cc2)OCC1(C)C. The number of amides is 1. The van der Waals surface area contributed by atoms with Gasteiger partial charge in [-0.25, -0.2) is 13.9 Å². The summed E-state index contributed by atoms with van der Waals surface area (Å²) in [4.78, 5) is 38.5. The molecule has 35 heavy (non-hydrogen) atoms. The van der Waals surface area contributed by atoms with Crippen molar-refractivity contribution in [2.45, 2.75) is 45.8 Å². The van der Waals surface area contributed by atoms with Crippen LogP contribution in [-0.2, 0) is 43.7 Å². The Morgan fingerprint density at radius 3 is 2.51 bits per heavy atom. The second-order valence-electron chi connectivity index (χ2n) is 9.17. The third-order valence-electron chi connectivity index (χ3n) is 5.83. The van der Waals surface area contributed by atoms with Gasteiger partial charge in [0, 0.05) is 18.5 Å². The van der Waals surface area contributed by atoms with Crippen LogP contribution in [0.5, 0.6) is 0 Å². The summed E-state index contributed by atoms with van der Waals surface area (Å²) in [6, 6.07) is 7.08. The van der Waals surface area contributed by atoms with Crippen molar-refractivity contribution in [3.8, 4) is 0 Å². The Bertz CT molecular complexity index is 945. The Kier molecular flexibility index (Phi) is 9.43. The van der Waals surface area contributed by atoms with Crippen LogP contribution in [0.4, 0.5) is 0 Å². The first kappa shape index (κ1) is 27.3. The molecular formula is C23H33N2O9P. The molecule has 11 nitrogen and oxygen atoms in total. The van der Waals surface area contributed by atoms with Gasteiger partial charge in [0.2, 0.25) is 12.7 Å². The number of likely N-dealkylation sites (tertiary alicyclic amines) is 1. The van der Waals surface area contributed by atoms with Crippen molar-refractivity contribution < 1.29 is 42.0 Å². The minimum Gasteiger partial charge on any atom is -0.469 e. The van der Waals surface area contributed by atoms with Gasteiger partial charge < -0.3 is 14.8 Å². The van der Waals surface area contributed by atoms with Crippen LogP contribution in [0.2, 0.25) is 0 Å². The predicted octanol–water partition coefficient (Wildman–Crippen LogP) is 2.64. The highest BCUT2D eigenvalue weighted by atomic mass is 31.2. The van der Waals surface area contributed by atoms with Gasteiger partial charge in [-0.1, -0.05) is 26.0 Å². The van der Waals surface area contributed by atoms with Crippen LogP contribution in [0, 0.1) is 5.41 Å². The molecule has 0 aliphatic carbocycles. The fourth-order valence-electron chi connectivity index (χ4n) is 3.75. The van der Waals surface area contributed by atoms with Gasteiger partial charge in [0.05, 0.1) is 25.7 Å². The topological polar surface area (TPSA) is 130 Å². The lowest BCUT2D eigenvalue weighted by molar-refractivity contribution is -0.144. The summed E-state index contributed by atoms with van der Waals surface area (Å²) in [5, 5.41) is 2.55. The van der Waals surface area contributed by atoms with E-state index in [1.165, 1.54) is 20.0 Å². The molecule has 2 saturated heterocycles. The maximum Gasteiger partial charge on any atom is 0.478 e. The highest BCUT2D eigenvalue weighted by molar-refractivity contribution is 7.48. The molecule has 1 N–H and O–H groups in total. The Morgan fingerprint density at radius 2 is 1.86 bits per heavy atom. The van der Waals surface area contributed by atoms with E-state index in [1.807, 2.05) is 12.1 Å². The second-order valence-corrected chi connectivity index (χ2v) is 10.8. The number of esters is 2. The Hall–Kier alpha value is -2.30. The maximum atomic E-state index is 12.9. The summed E-state index contributed by atoms with van der Waals surface area (Å²) < 4.78 is 38.2. The Balaban J connectivity index is 1.48. The summed E-state index contributed by atoms with van der Waals surface area (Å²) in [5.74, 6) is -1.70. The molecule has 0 aromatic heterocycles. The van der Waals surface area contributed by atoms with Gasteiger partial charge in [-0.05, 0) is 43.6 Å². The first-order valence-electron chi connectivity index (χ1n) is 11.5. The first-order chi connectivity index (χ1) is 16.6. The van der Waals surface area contributed by atoms with E-state index in [0.29, 0.717) is 5.56 Å². The van der Waals surface area contributed by atoms with Gasteiger partial charge in [-0.2, -0.15) is 0 Å². The smallest absolute Gasteiger partial charge is 0.469 e. The fraction of sp³-hybridized carbons (Fsp3) is 0.609. The van der Waals surface area contributed by atoms with Crippen LogP contribution < -0.4 is 5.32 Å². The highest BCUT2D eigenvalue weighted by Crippen LogP contribution is 2.57. The van der Waals surface area contributed by atoms with Gasteiger partial charge in [0.15, 0.2) is 6.10 Å². The molecule has 2 atom stereocenters. The largest absolute Gasteiger partial charge is 0.478 e. The summed E-state index contributed by atoms with van der Waals surface area (Å²) in [5.41, 5.74) is 0.610. The van der Waals surface area contributed by atoms with E-state index in [4.69, 9.17) is 18.3 Å². The number of phosphoric ester groups is 1. The van der Waals surface area contributed by atoms with E-state index in [1.54, 1.807) is 26.0 Å². The van der Waals surface area contributed by atoms with Crippen molar-refractivity contribution in [1.29, 1.82) is 0 Å². The summed E-state index contributed by atoms with van der Waals surface area (Å²) in [6.07, 6.45) is 1.23. The van der Waals surface area contributed by atoms with E-state index in [2.05, 4.69) is 15.0 Å². The zero-order valence-corrected chi connectivity index (χ0v) is 21.2. The maximum absolute atomic E-state index is 12.9. The van der Waals surface area contributed by atoms with Gasteiger partial charge in [0.1, 0.15) is 0 Å². The number of rotatable bonds is 10. The Morgan fingerprint density at radius 1 is 1.17 bits per heavy atom. The molecule has 1 amide bonds. The summed E-state index contributed by atoms with van der Waals surface area (Å²) in [7, 11) is -2.92. The number of benzene rings is 1. The third-order valence-corrected chi connectivity index (χ3v) is 7.16. The van der Waals surface area contributed by atoms with Crippen LogP contribution >= 0.6 is 7.82 Å². The quantitative estimate of drug-likeness (QED) is 0.284. The lowest BCUT2D eigenvalue weighted by Gasteiger charge is -2.39. The van der Waals surface area contributed by atoms with Crippen LogP contribution in [0.15, 0.2) is 24.3 Å². The van der Waals surface area contributed by atoms with Crippen molar-refractivity contribution in [2.75, 3.05) is 40.1 Å². The summed E-state index contributed by atoms with van der Waals surface area (Å²) in [6.45, 7) is 5.67. The van der Waals surface area contributed by atoms with Crippen molar-refractivity contribution in [3.63, 3.8) is 0 Å². The fourth-order valence-corrected chi connectivity index (χ4v) is 5.26. The van der Waals surface area contributed by atoms with Gasteiger partial charge in [-0.3, -0.25) is 23.5 Å². The molecule has 0 saturated carbocycles. The van der Waals surface area contributed by atoms with Crippen LogP contribution in [-0.4, -0.2) is 69.0 Å². The van der Waals surface area contributed by atoms with Crippen molar-refractivity contribution in [2.24, 2.45) is 5.41 Å². The van der Waals surface area contributed by atoms with Crippen molar-refractivity contribution in [1.82, 2.24) is 10.2 Å². The molecule has 2 aliphatic rings. The molecule has 2 heterocycles. The molecule has 2 aliphatic heterocycles. The van der Waals surface area contributed by atoms with E-state index < -0.39 is 44.0 Å². The minimum atomic E-state index is -4.17. The van der Waals surface area contributed by atoms with E-state index in [9.17, 15) is 18.9 Å². The Labute approximate surface area is 205 Å². The number of nitrogens with one attached hydrogen (secondary N) is 1. The number of ether oxygens (including phenoxy) is 2. The van der Waals surface area contributed by atoms with Crippen LogP contribution in [0.3, 0.4) is 0 Å². The van der Waals surface area contributed by atoms with Crippen molar-refractivity contribution >= 4 is 25.7 Å². The number of hydrogen-bond acceptors (Lipinski definition) is 10. The molecule has 1 aromatic carbocycles. The van der Waals surface area contributed by atoms with Gasteiger partial charge in [0.25, 0.3) is 0 Å². The normalized spacial score (nSPS) is 24.0. The van der Waals surface area contributed by atoms with E-state index in [-0.39, 0.29) is 19.6 Å². The molecular weight excluding hydrogens is 479 g/mol. The number of hydrogen-bond donors (Lipinski definition) is 1. The monoisotopic (exact) mass is 512 g/mol. The van der Waals surface area contributed by atoms with Crippen LogP contribution in [0.1, 0.15) is 49.0 Å². The third kappa shape index (κ3) is 7.85. The number of phosphoric acid groups is 1. The molecule has 0 spiro atoms. The molecule has 0 bridgehead atoms. The molecule has 0 radical (unpaired) electrons. The van der Waals surface area contributed by atoms with Gasteiger partial charge in [-0.15, -0.1) is 0 Å². The standard InChI is InChI=1S/C23H33N2O9P/c1-23(2)15-32-35(29,34-20(23)21(27)24-11-10-19(26)30-3)33-16-31-22(28)18-8-6-17(7-9-18)14-25-12-4-5-13-25/h6-9,20H,4-5,10-16H2,1-3H3,(H,24,27)/t20-,35?/m0/s1. The number of carbonyl (C=O) groups excluding carboxylic acids is 3. The average molecular weight is 512 g/mol. The average Bonchev–Trinajstić information content (AvgIpc) is 3.34. The van der Waals surface area contributed by atoms with E-state index >= 15 is 0 Å². The number of carbonyl (C=O) groups is 3. The molecule has 194 valence electrons. The second kappa shape index (κ2) is 12.1. The van der Waals surface area contributed by atoms with Crippen LogP contribution in [0.25, 0.3) is 0 Å². The summed E-state index contributed by atoms with van der Waals surface area (Å²) >= 11 is 0.